The third kappa shape index (κ3) is 6.74. The average molecular weight is 251 g/mol. The predicted molar refractivity (Wildman–Crippen MR) is 74.6 cm³/mol. The van der Waals surface area contributed by atoms with E-state index in [-0.39, 0.29) is 12.2 Å². The monoisotopic (exact) mass is 251 g/mol. The van der Waals surface area contributed by atoms with Gasteiger partial charge in [-0.05, 0) is 37.8 Å². The zero-order valence-electron chi connectivity index (χ0n) is 11.2. The second-order valence-corrected chi connectivity index (χ2v) is 4.73. The highest BCUT2D eigenvalue weighted by atomic mass is 16.3. The van der Waals surface area contributed by atoms with Gasteiger partial charge in [-0.25, -0.2) is 0 Å². The van der Waals surface area contributed by atoms with Gasteiger partial charge in [0, 0.05) is 6.54 Å². The largest absolute Gasteiger partial charge is 0.393 e. The predicted octanol–water partition coefficient (Wildman–Crippen LogP) is 1.73. The van der Waals surface area contributed by atoms with E-state index in [1.807, 2.05) is 25.1 Å². The van der Waals surface area contributed by atoms with Gasteiger partial charge in [0.25, 0.3) is 0 Å². The Hall–Kier alpha value is -0.900. The van der Waals surface area contributed by atoms with Crippen molar-refractivity contribution in [3.8, 4) is 0 Å². The molecule has 0 amide bonds. The summed E-state index contributed by atoms with van der Waals surface area (Å²) in [6.07, 6.45) is 2.44. The van der Waals surface area contributed by atoms with Gasteiger partial charge >= 0.3 is 0 Å². The molecule has 102 valence electrons. The molecule has 0 aromatic heterocycles. The van der Waals surface area contributed by atoms with Gasteiger partial charge in [0.15, 0.2) is 0 Å². The zero-order valence-corrected chi connectivity index (χ0v) is 11.2. The van der Waals surface area contributed by atoms with Crippen LogP contribution >= 0.6 is 0 Å². The molecule has 0 aliphatic rings. The number of aliphatic hydroxyl groups excluding tert-OH is 2. The lowest BCUT2D eigenvalue weighted by Crippen LogP contribution is -2.29. The van der Waals surface area contributed by atoms with Crippen LogP contribution in [-0.4, -0.2) is 35.5 Å². The summed E-state index contributed by atoms with van der Waals surface area (Å²) in [7, 11) is 0. The minimum absolute atomic E-state index is 0.274. The molecule has 2 unspecified atom stereocenters. The van der Waals surface area contributed by atoms with E-state index in [0.717, 1.165) is 19.4 Å². The third-order valence-electron chi connectivity index (χ3n) is 3.12. The summed E-state index contributed by atoms with van der Waals surface area (Å²) in [6.45, 7) is 3.43. The Bertz CT molecular complexity index is 303. The molecule has 3 N–H and O–H groups in total. The van der Waals surface area contributed by atoms with Crippen LogP contribution in [-0.2, 0) is 6.42 Å². The van der Waals surface area contributed by atoms with Crippen molar-refractivity contribution in [3.63, 3.8) is 0 Å². The second kappa shape index (κ2) is 9.09. The maximum absolute atomic E-state index is 9.72. The smallest absolute Gasteiger partial charge is 0.0665 e. The van der Waals surface area contributed by atoms with E-state index in [1.54, 1.807) is 0 Å². The fourth-order valence-corrected chi connectivity index (χ4v) is 1.84. The van der Waals surface area contributed by atoms with Gasteiger partial charge in [0.2, 0.25) is 0 Å². The standard InChI is InChI=1S/C15H25NO2/c1-2-14(17)8-9-15(18)12-16-11-10-13-6-4-3-5-7-13/h3-7,14-18H,2,8-12H2,1H3. The number of benzene rings is 1. The highest BCUT2D eigenvalue weighted by Crippen LogP contribution is 2.04. The molecule has 0 aliphatic carbocycles. The molecule has 0 fully saturated rings. The molecule has 0 radical (unpaired) electrons. The summed E-state index contributed by atoms with van der Waals surface area (Å²) in [6, 6.07) is 10.3. The number of nitrogens with one attached hydrogen (secondary N) is 1. The van der Waals surface area contributed by atoms with Gasteiger partial charge in [0.05, 0.1) is 12.2 Å². The number of hydrogen-bond donors (Lipinski definition) is 3. The fourth-order valence-electron chi connectivity index (χ4n) is 1.84. The lowest BCUT2D eigenvalue weighted by molar-refractivity contribution is 0.111. The van der Waals surface area contributed by atoms with Crippen LogP contribution in [0.15, 0.2) is 30.3 Å². The van der Waals surface area contributed by atoms with Gasteiger partial charge in [0.1, 0.15) is 0 Å². The first-order valence-corrected chi connectivity index (χ1v) is 6.83. The van der Waals surface area contributed by atoms with Gasteiger partial charge < -0.3 is 15.5 Å². The van der Waals surface area contributed by atoms with Gasteiger partial charge in [-0.15, -0.1) is 0 Å². The van der Waals surface area contributed by atoms with Crippen molar-refractivity contribution in [1.29, 1.82) is 0 Å². The SMILES string of the molecule is CCC(O)CCC(O)CNCCc1ccccc1. The lowest BCUT2D eigenvalue weighted by atomic mass is 10.1. The van der Waals surface area contributed by atoms with Crippen molar-refractivity contribution in [3.05, 3.63) is 35.9 Å². The van der Waals surface area contributed by atoms with Crippen molar-refractivity contribution < 1.29 is 10.2 Å². The van der Waals surface area contributed by atoms with Crippen LogP contribution in [0.25, 0.3) is 0 Å². The van der Waals surface area contributed by atoms with Gasteiger partial charge in [-0.2, -0.15) is 0 Å². The van der Waals surface area contributed by atoms with E-state index in [2.05, 4.69) is 17.4 Å². The maximum atomic E-state index is 9.72. The summed E-state index contributed by atoms with van der Waals surface area (Å²) in [5, 5.41) is 22.4. The molecule has 0 saturated carbocycles. The van der Waals surface area contributed by atoms with Crippen LogP contribution in [0.3, 0.4) is 0 Å². The normalized spacial score (nSPS) is 14.4. The van der Waals surface area contributed by atoms with Crippen LogP contribution in [0.5, 0.6) is 0 Å². The Labute approximate surface area is 110 Å². The van der Waals surface area contributed by atoms with Crippen molar-refractivity contribution in [2.24, 2.45) is 0 Å². The van der Waals surface area contributed by atoms with E-state index < -0.39 is 0 Å². The summed E-state index contributed by atoms with van der Waals surface area (Å²) in [5.41, 5.74) is 1.31. The van der Waals surface area contributed by atoms with Gasteiger partial charge in [-0.3, -0.25) is 0 Å². The van der Waals surface area contributed by atoms with Crippen molar-refractivity contribution >= 4 is 0 Å². The van der Waals surface area contributed by atoms with Gasteiger partial charge in [-0.1, -0.05) is 37.3 Å². The minimum atomic E-state index is -0.359. The Morgan fingerprint density at radius 1 is 1.06 bits per heavy atom. The first kappa shape index (κ1) is 15.2. The van der Waals surface area contributed by atoms with Crippen LogP contribution in [0.4, 0.5) is 0 Å². The number of hydrogen-bond acceptors (Lipinski definition) is 3. The second-order valence-electron chi connectivity index (χ2n) is 4.73. The Morgan fingerprint density at radius 2 is 1.72 bits per heavy atom. The van der Waals surface area contributed by atoms with E-state index in [4.69, 9.17) is 0 Å². The lowest BCUT2D eigenvalue weighted by Gasteiger charge is -2.13. The van der Waals surface area contributed by atoms with E-state index in [1.165, 1.54) is 5.56 Å². The van der Waals surface area contributed by atoms with Crippen LogP contribution in [0.1, 0.15) is 31.7 Å². The Kier molecular flexibility index (Phi) is 7.65. The quantitative estimate of drug-likeness (QED) is 0.586. The molecule has 0 aliphatic heterocycles. The van der Waals surface area contributed by atoms with Crippen molar-refractivity contribution in [2.45, 2.75) is 44.8 Å². The molecule has 3 heteroatoms. The van der Waals surface area contributed by atoms with Crippen molar-refractivity contribution in [2.75, 3.05) is 13.1 Å². The molecule has 0 heterocycles. The van der Waals surface area contributed by atoms with Crippen LogP contribution in [0, 0.1) is 0 Å². The third-order valence-corrected chi connectivity index (χ3v) is 3.12. The maximum Gasteiger partial charge on any atom is 0.0665 e. The van der Waals surface area contributed by atoms with Crippen LogP contribution < -0.4 is 5.32 Å². The van der Waals surface area contributed by atoms with Crippen molar-refractivity contribution in [1.82, 2.24) is 5.32 Å². The van der Waals surface area contributed by atoms with Crippen LogP contribution in [0.2, 0.25) is 0 Å². The molecule has 0 spiro atoms. The number of aliphatic hydroxyl groups is 2. The topological polar surface area (TPSA) is 52.5 Å². The first-order chi connectivity index (χ1) is 8.72. The summed E-state index contributed by atoms with van der Waals surface area (Å²) in [4.78, 5) is 0. The van der Waals surface area contributed by atoms with E-state index in [0.29, 0.717) is 19.4 Å². The molecule has 0 bridgehead atoms. The summed E-state index contributed by atoms with van der Waals surface area (Å²) >= 11 is 0. The molecule has 1 aromatic carbocycles. The summed E-state index contributed by atoms with van der Waals surface area (Å²) in [5.74, 6) is 0. The molecule has 0 saturated heterocycles. The van der Waals surface area contributed by atoms with E-state index in [9.17, 15) is 10.2 Å². The highest BCUT2D eigenvalue weighted by molar-refractivity contribution is 5.14. The summed E-state index contributed by atoms with van der Waals surface area (Å²) < 4.78 is 0. The molecule has 18 heavy (non-hydrogen) atoms. The number of rotatable bonds is 9. The average Bonchev–Trinajstić information content (AvgIpc) is 2.42. The molecular formula is C15H25NO2. The van der Waals surface area contributed by atoms with E-state index >= 15 is 0 Å². The highest BCUT2D eigenvalue weighted by Gasteiger charge is 2.07. The Balaban J connectivity index is 2.03. The molecule has 1 rings (SSSR count). The minimum Gasteiger partial charge on any atom is -0.393 e. The Morgan fingerprint density at radius 3 is 2.39 bits per heavy atom. The molecular weight excluding hydrogens is 226 g/mol. The molecule has 2 atom stereocenters. The fraction of sp³-hybridized carbons (Fsp3) is 0.600. The zero-order chi connectivity index (χ0) is 13.2. The first-order valence-electron chi connectivity index (χ1n) is 6.83. The molecule has 1 aromatic rings. The molecule has 3 nitrogen and oxygen atoms in total.